The molecule has 1 aromatic carbocycles. The number of aliphatic hydroxyl groups is 2. The Labute approximate surface area is 214 Å². The van der Waals surface area contributed by atoms with Crippen molar-refractivity contribution in [2.45, 2.75) is 71.1 Å². The molecule has 0 radical (unpaired) electrons. The lowest BCUT2D eigenvalue weighted by Crippen LogP contribution is -2.59. The molecule has 0 aromatic heterocycles. The summed E-state index contributed by atoms with van der Waals surface area (Å²) < 4.78 is 5.64. The third-order valence-corrected chi connectivity index (χ3v) is 6.61. The Hall–Kier alpha value is -2.56. The monoisotopic (exact) mass is 507 g/mol. The number of carbonyl (C=O) groups is 1. The first-order valence-electron chi connectivity index (χ1n) is 13.3. The molecule has 0 atom stereocenters. The molecular formula is C26H43N4O6+. The molecule has 10 heteroatoms. The van der Waals surface area contributed by atoms with Crippen LogP contribution in [0.1, 0.15) is 81.5 Å². The number of nitrogens with zero attached hydrogens (tertiary/aromatic N) is 4. The highest BCUT2D eigenvalue weighted by Crippen LogP contribution is 2.28. The molecule has 0 bridgehead atoms. The molecule has 10 nitrogen and oxygen atoms in total. The Kier molecular flexibility index (Phi) is 13.4. The Bertz CT molecular complexity index is 842. The van der Waals surface area contributed by atoms with E-state index in [0.29, 0.717) is 32.1 Å². The molecule has 0 fully saturated rings. The number of quaternary nitrogens is 1. The number of anilines is 1. The van der Waals surface area contributed by atoms with E-state index in [9.17, 15) is 25.1 Å². The van der Waals surface area contributed by atoms with E-state index in [4.69, 9.17) is 4.74 Å². The minimum Gasteiger partial charge on any atom is -0.462 e. The van der Waals surface area contributed by atoms with Crippen molar-refractivity contribution in [1.29, 1.82) is 0 Å². The van der Waals surface area contributed by atoms with Gasteiger partial charge in [0.1, 0.15) is 25.3 Å². The maximum atomic E-state index is 12.8. The van der Waals surface area contributed by atoms with Gasteiger partial charge in [0.2, 0.25) is 0 Å². The zero-order valence-corrected chi connectivity index (χ0v) is 21.6. The first-order valence-corrected chi connectivity index (χ1v) is 13.3. The van der Waals surface area contributed by atoms with E-state index in [0.717, 1.165) is 19.3 Å². The van der Waals surface area contributed by atoms with Gasteiger partial charge >= 0.3 is 5.97 Å². The predicted molar refractivity (Wildman–Crippen MR) is 140 cm³/mol. The van der Waals surface area contributed by atoms with E-state index in [1.807, 2.05) is 4.90 Å². The molecule has 2 rings (SSSR count). The molecule has 0 saturated heterocycles. The zero-order valence-electron chi connectivity index (χ0n) is 21.6. The molecule has 202 valence electrons. The number of nitro benzene ring substituents is 1. The Morgan fingerprint density at radius 1 is 1.06 bits per heavy atom. The van der Waals surface area contributed by atoms with E-state index < -0.39 is 10.9 Å². The summed E-state index contributed by atoms with van der Waals surface area (Å²) in [5.41, 5.74) is 0.224. The van der Waals surface area contributed by atoms with Crippen molar-refractivity contribution < 1.29 is 29.2 Å². The first-order chi connectivity index (χ1) is 17.5. The second-order valence-electron chi connectivity index (χ2n) is 9.51. The second-order valence-corrected chi connectivity index (χ2v) is 9.51. The SMILES string of the molecule is CCCCCCCCCCCCOC(=O)c1cc(N2CN=C[N+](CCO)(CCO)C2)ccc1[N+](=O)[O-]. The Morgan fingerprint density at radius 2 is 1.67 bits per heavy atom. The summed E-state index contributed by atoms with van der Waals surface area (Å²) in [6.07, 6.45) is 13.4. The summed E-state index contributed by atoms with van der Waals surface area (Å²) in [5.74, 6) is -0.702. The van der Waals surface area contributed by atoms with Crippen molar-refractivity contribution in [3.05, 3.63) is 33.9 Å². The number of esters is 1. The van der Waals surface area contributed by atoms with Crippen LogP contribution in [0.5, 0.6) is 0 Å². The lowest BCUT2D eigenvalue weighted by molar-refractivity contribution is -0.837. The quantitative estimate of drug-likeness (QED) is 0.100. The van der Waals surface area contributed by atoms with Crippen LogP contribution in [0, 0.1) is 10.1 Å². The molecule has 0 unspecified atom stereocenters. The van der Waals surface area contributed by atoms with Crippen LogP contribution in [0.15, 0.2) is 23.2 Å². The number of nitro groups is 1. The highest BCUT2D eigenvalue weighted by atomic mass is 16.6. The molecule has 0 amide bonds. The van der Waals surface area contributed by atoms with Crippen LogP contribution in [0.4, 0.5) is 11.4 Å². The van der Waals surface area contributed by atoms with Crippen LogP contribution in [0.2, 0.25) is 0 Å². The number of hydrogen-bond donors (Lipinski definition) is 2. The van der Waals surface area contributed by atoms with Gasteiger partial charge in [-0.25, -0.2) is 9.79 Å². The number of rotatable bonds is 18. The molecule has 1 aliphatic rings. The summed E-state index contributed by atoms with van der Waals surface area (Å²) in [4.78, 5) is 30.0. The first kappa shape index (κ1) is 29.7. The van der Waals surface area contributed by atoms with Crippen LogP contribution in [-0.4, -0.2) is 78.2 Å². The molecule has 36 heavy (non-hydrogen) atoms. The standard InChI is InChI=1S/C26H43N4O6/c1-2-3-4-5-6-7-8-9-10-11-18-36-26(33)24-19-23(12-13-25(24)29(34)35)28-20-27-21-30(22-28,14-16-31)15-17-32/h12-13,19,21,31-32H,2-11,14-18,20,22H2,1H3/q+1. The molecule has 0 aliphatic carbocycles. The van der Waals surface area contributed by atoms with Crippen molar-refractivity contribution in [3.63, 3.8) is 0 Å². The normalized spacial score (nSPS) is 14.7. The highest BCUT2D eigenvalue weighted by Gasteiger charge is 2.32. The largest absolute Gasteiger partial charge is 0.462 e. The van der Waals surface area contributed by atoms with Crippen molar-refractivity contribution >= 4 is 23.7 Å². The number of aliphatic imine (C=N–C) groups is 1. The van der Waals surface area contributed by atoms with E-state index in [2.05, 4.69) is 11.9 Å². The number of hydrogen-bond acceptors (Lipinski definition) is 8. The smallest absolute Gasteiger partial charge is 0.345 e. The molecule has 0 saturated carbocycles. The molecule has 1 aromatic rings. The zero-order chi connectivity index (χ0) is 26.2. The van der Waals surface area contributed by atoms with Gasteiger partial charge in [0.25, 0.3) is 5.69 Å². The average molecular weight is 508 g/mol. The number of benzene rings is 1. The van der Waals surface area contributed by atoms with Gasteiger partial charge in [-0.3, -0.25) is 14.6 Å². The van der Waals surface area contributed by atoms with Crippen molar-refractivity contribution in [2.75, 3.05) is 51.1 Å². The predicted octanol–water partition coefficient (Wildman–Crippen LogP) is 4.24. The number of unbranched alkanes of at least 4 members (excludes halogenated alkanes) is 9. The Morgan fingerprint density at radius 3 is 2.25 bits per heavy atom. The van der Waals surface area contributed by atoms with Crippen LogP contribution >= 0.6 is 0 Å². The van der Waals surface area contributed by atoms with Gasteiger partial charge in [0, 0.05) is 11.8 Å². The molecule has 2 N–H and O–H groups in total. The van der Waals surface area contributed by atoms with Gasteiger partial charge < -0.3 is 19.8 Å². The van der Waals surface area contributed by atoms with Gasteiger partial charge in [0.15, 0.2) is 13.0 Å². The number of carbonyl (C=O) groups excluding carboxylic acids is 1. The van der Waals surface area contributed by atoms with Gasteiger partial charge in [-0.1, -0.05) is 64.7 Å². The van der Waals surface area contributed by atoms with Crippen molar-refractivity contribution in [1.82, 2.24) is 0 Å². The van der Waals surface area contributed by atoms with Crippen LogP contribution in [0.25, 0.3) is 0 Å². The average Bonchev–Trinajstić information content (AvgIpc) is 2.87. The van der Waals surface area contributed by atoms with Crippen LogP contribution in [0.3, 0.4) is 0 Å². The lowest BCUT2D eigenvalue weighted by atomic mass is 10.1. The lowest BCUT2D eigenvalue weighted by Gasteiger charge is -2.40. The van der Waals surface area contributed by atoms with E-state index in [1.54, 1.807) is 12.4 Å². The third kappa shape index (κ3) is 9.48. The van der Waals surface area contributed by atoms with Gasteiger partial charge in [-0.2, -0.15) is 0 Å². The maximum absolute atomic E-state index is 12.8. The summed E-state index contributed by atoms with van der Waals surface area (Å²) >= 11 is 0. The van der Waals surface area contributed by atoms with Crippen molar-refractivity contribution in [3.8, 4) is 0 Å². The molecule has 1 aliphatic heterocycles. The minimum absolute atomic E-state index is 0.0728. The summed E-state index contributed by atoms with van der Waals surface area (Å²) in [7, 11) is 0. The van der Waals surface area contributed by atoms with Crippen molar-refractivity contribution in [2.24, 2.45) is 4.99 Å². The Balaban J connectivity index is 1.91. The van der Waals surface area contributed by atoms with E-state index in [-0.39, 0.29) is 35.6 Å². The molecule has 0 spiro atoms. The highest BCUT2D eigenvalue weighted by molar-refractivity contribution is 5.95. The van der Waals surface area contributed by atoms with Crippen LogP contribution in [-0.2, 0) is 4.74 Å². The fraction of sp³-hybridized carbons (Fsp3) is 0.692. The van der Waals surface area contributed by atoms with E-state index in [1.165, 1.54) is 57.1 Å². The van der Waals surface area contributed by atoms with E-state index >= 15 is 0 Å². The summed E-state index contributed by atoms with van der Waals surface area (Å²) in [6.45, 7) is 3.78. The van der Waals surface area contributed by atoms with Gasteiger partial charge in [0.05, 0.1) is 24.7 Å². The maximum Gasteiger partial charge on any atom is 0.345 e. The fourth-order valence-corrected chi connectivity index (χ4v) is 4.54. The van der Waals surface area contributed by atoms with Crippen LogP contribution < -0.4 is 4.90 Å². The third-order valence-electron chi connectivity index (χ3n) is 6.61. The fourth-order valence-electron chi connectivity index (χ4n) is 4.54. The van der Waals surface area contributed by atoms with Gasteiger partial charge in [-0.05, 0) is 18.6 Å². The topological polar surface area (TPSA) is 126 Å². The summed E-state index contributed by atoms with van der Waals surface area (Å²) in [5, 5.41) is 30.5. The summed E-state index contributed by atoms with van der Waals surface area (Å²) in [6, 6.07) is 4.38. The molecule has 1 heterocycles. The second kappa shape index (κ2) is 16.2. The number of ether oxygens (including phenoxy) is 1. The van der Waals surface area contributed by atoms with Gasteiger partial charge in [-0.15, -0.1) is 0 Å². The number of aliphatic hydroxyl groups excluding tert-OH is 2. The molecular weight excluding hydrogens is 464 g/mol. The minimum atomic E-state index is -0.702.